The van der Waals surface area contributed by atoms with Crippen molar-refractivity contribution in [1.82, 2.24) is 30.7 Å². The number of nitrogens with zero attached hydrogens (tertiary/aromatic N) is 6. The Hall–Kier alpha value is -2.79. The van der Waals surface area contributed by atoms with Crippen molar-refractivity contribution in [3.63, 3.8) is 0 Å². The topological polar surface area (TPSA) is 137 Å². The van der Waals surface area contributed by atoms with E-state index in [2.05, 4.69) is 35.8 Å². The number of thiophene rings is 1. The first kappa shape index (κ1) is 16.1. The van der Waals surface area contributed by atoms with E-state index in [-0.39, 0.29) is 17.3 Å². The molecule has 0 aliphatic heterocycles. The summed E-state index contributed by atoms with van der Waals surface area (Å²) < 4.78 is 6.30. The van der Waals surface area contributed by atoms with Gasteiger partial charge in [0.25, 0.3) is 5.91 Å². The van der Waals surface area contributed by atoms with Gasteiger partial charge in [0, 0.05) is 0 Å². The van der Waals surface area contributed by atoms with Crippen LogP contribution in [0.15, 0.2) is 21.9 Å². The fourth-order valence-corrected chi connectivity index (χ4v) is 2.84. The largest absolute Gasteiger partial charge is 0.378 e. The van der Waals surface area contributed by atoms with Crippen LogP contribution in [0.2, 0.25) is 4.34 Å². The third-order valence-corrected chi connectivity index (χ3v) is 4.34. The summed E-state index contributed by atoms with van der Waals surface area (Å²) in [6.07, 6.45) is 0. The van der Waals surface area contributed by atoms with E-state index in [9.17, 15) is 4.79 Å². The molecule has 0 aromatic carbocycles. The molecule has 0 saturated heterocycles. The molecule has 1 amide bonds. The monoisotopic (exact) mass is 366 g/mol. The fraction of sp³-hybridized carbons (Fsp3) is 0.167. The van der Waals surface area contributed by atoms with Gasteiger partial charge in [0.2, 0.25) is 11.6 Å². The molecule has 3 aromatic heterocycles. The van der Waals surface area contributed by atoms with Gasteiger partial charge >= 0.3 is 0 Å². The quantitative estimate of drug-likeness (QED) is 0.526. The first-order chi connectivity index (χ1) is 11.5. The molecule has 12 heteroatoms. The first-order valence-electron chi connectivity index (χ1n) is 6.58. The van der Waals surface area contributed by atoms with Gasteiger partial charge in [-0.2, -0.15) is 9.78 Å². The molecule has 0 saturated carbocycles. The van der Waals surface area contributed by atoms with Crippen LogP contribution in [0.1, 0.15) is 28.0 Å². The number of rotatable bonds is 4. The summed E-state index contributed by atoms with van der Waals surface area (Å²) in [6.45, 7) is 3.38. The molecular weight excluding hydrogens is 356 g/mol. The summed E-state index contributed by atoms with van der Waals surface area (Å²) >= 11 is 7.24. The van der Waals surface area contributed by atoms with E-state index in [1.165, 1.54) is 11.3 Å². The number of hydrazone groups is 1. The zero-order valence-electron chi connectivity index (χ0n) is 12.5. The van der Waals surface area contributed by atoms with Crippen molar-refractivity contribution < 1.29 is 9.42 Å². The van der Waals surface area contributed by atoms with Crippen molar-refractivity contribution in [3.8, 4) is 5.82 Å². The maximum absolute atomic E-state index is 12.4. The smallest absolute Gasteiger partial charge is 0.292 e. The van der Waals surface area contributed by atoms with Crippen molar-refractivity contribution in [1.29, 1.82) is 0 Å². The molecule has 124 valence electrons. The van der Waals surface area contributed by atoms with Gasteiger partial charge in [0.1, 0.15) is 0 Å². The maximum atomic E-state index is 12.4. The number of carbonyl (C=O) groups is 1. The molecule has 0 atom stereocenters. The molecule has 24 heavy (non-hydrogen) atoms. The number of hydrogen-bond acceptors (Lipinski definition) is 9. The lowest BCUT2D eigenvalue weighted by molar-refractivity contribution is 0.0946. The van der Waals surface area contributed by atoms with E-state index in [1.54, 1.807) is 19.9 Å². The average Bonchev–Trinajstić information content (AvgIpc) is 3.25. The second kappa shape index (κ2) is 6.37. The van der Waals surface area contributed by atoms with E-state index < -0.39 is 5.91 Å². The molecule has 3 aromatic rings. The Morgan fingerprint density at radius 2 is 2.25 bits per heavy atom. The third-order valence-electron chi connectivity index (χ3n) is 3.00. The molecule has 0 aliphatic carbocycles. The highest BCUT2D eigenvalue weighted by atomic mass is 35.5. The molecule has 3 heterocycles. The highest BCUT2D eigenvalue weighted by Crippen LogP contribution is 2.22. The molecule has 10 nitrogen and oxygen atoms in total. The third kappa shape index (κ3) is 2.98. The molecule has 0 radical (unpaired) electrons. The summed E-state index contributed by atoms with van der Waals surface area (Å²) in [7, 11) is 0. The molecule has 0 bridgehead atoms. The molecule has 3 rings (SSSR count). The van der Waals surface area contributed by atoms with Gasteiger partial charge in [0.05, 0.1) is 20.6 Å². The lowest BCUT2D eigenvalue weighted by Gasteiger charge is -2.03. The van der Waals surface area contributed by atoms with Crippen molar-refractivity contribution in [3.05, 3.63) is 32.7 Å². The zero-order chi connectivity index (χ0) is 17.3. The van der Waals surface area contributed by atoms with Crippen LogP contribution < -0.4 is 11.2 Å². The predicted molar refractivity (Wildman–Crippen MR) is 87.4 cm³/mol. The van der Waals surface area contributed by atoms with Gasteiger partial charge in [-0.25, -0.2) is 10.1 Å². The van der Waals surface area contributed by atoms with Crippen LogP contribution in [0.25, 0.3) is 5.82 Å². The van der Waals surface area contributed by atoms with Crippen LogP contribution in [0.4, 0.5) is 5.82 Å². The van der Waals surface area contributed by atoms with Gasteiger partial charge < -0.3 is 5.73 Å². The number of amides is 1. The fourth-order valence-electron chi connectivity index (χ4n) is 1.86. The summed E-state index contributed by atoms with van der Waals surface area (Å²) in [5, 5.41) is 18.8. The van der Waals surface area contributed by atoms with Gasteiger partial charge in [-0.1, -0.05) is 16.8 Å². The number of nitrogens with two attached hydrogens (primary N) is 1. The van der Waals surface area contributed by atoms with Crippen LogP contribution in [0.3, 0.4) is 0 Å². The molecule has 0 fully saturated rings. The standard InChI is InChI=1S/C12H11ClN8O2S/c1-5(7-3-4-8(13)24-7)15-17-12(22)9-6(2)16-20-21(9)11-10(14)18-23-19-11/h3-4H,1-2H3,(H2,14,18)(H,17,22). The summed E-state index contributed by atoms with van der Waals surface area (Å²) in [6, 6.07) is 3.57. The minimum absolute atomic E-state index is 0.0122. The minimum Gasteiger partial charge on any atom is -0.378 e. The Morgan fingerprint density at radius 3 is 2.88 bits per heavy atom. The Labute approximate surface area is 144 Å². The Bertz CT molecular complexity index is 927. The van der Waals surface area contributed by atoms with Crippen LogP contribution in [0, 0.1) is 6.92 Å². The van der Waals surface area contributed by atoms with E-state index in [0.29, 0.717) is 15.7 Å². The lowest BCUT2D eigenvalue weighted by atomic mass is 10.3. The predicted octanol–water partition coefficient (Wildman–Crippen LogP) is 1.41. The normalized spacial score (nSPS) is 11.7. The molecule has 3 N–H and O–H groups in total. The van der Waals surface area contributed by atoms with E-state index in [0.717, 1.165) is 9.56 Å². The maximum Gasteiger partial charge on any atom is 0.292 e. The molecular formula is C12H11ClN8O2S. The van der Waals surface area contributed by atoms with Crippen LogP contribution in [-0.4, -0.2) is 36.9 Å². The van der Waals surface area contributed by atoms with E-state index >= 15 is 0 Å². The number of carbonyl (C=O) groups excluding carboxylic acids is 1. The number of hydrogen-bond donors (Lipinski definition) is 2. The molecule has 0 unspecified atom stereocenters. The number of anilines is 1. The lowest BCUT2D eigenvalue weighted by Crippen LogP contribution is -2.23. The average molecular weight is 367 g/mol. The highest BCUT2D eigenvalue weighted by Gasteiger charge is 2.22. The van der Waals surface area contributed by atoms with Crippen LogP contribution in [-0.2, 0) is 0 Å². The number of aromatic nitrogens is 5. The number of aryl methyl sites for hydroxylation is 1. The Kier molecular flexibility index (Phi) is 4.27. The van der Waals surface area contributed by atoms with Crippen LogP contribution in [0.5, 0.6) is 0 Å². The second-order valence-corrected chi connectivity index (χ2v) is 6.37. The number of halogens is 1. The first-order valence-corrected chi connectivity index (χ1v) is 7.78. The van der Waals surface area contributed by atoms with Gasteiger partial charge in [-0.15, -0.1) is 16.4 Å². The van der Waals surface area contributed by atoms with Crippen molar-refractivity contribution in [2.24, 2.45) is 5.10 Å². The van der Waals surface area contributed by atoms with Crippen LogP contribution >= 0.6 is 22.9 Å². The van der Waals surface area contributed by atoms with Gasteiger partial charge in [0.15, 0.2) is 5.69 Å². The van der Waals surface area contributed by atoms with Gasteiger partial charge in [-0.3, -0.25) is 4.79 Å². The van der Waals surface area contributed by atoms with Crippen molar-refractivity contribution in [2.45, 2.75) is 13.8 Å². The Morgan fingerprint density at radius 1 is 1.46 bits per heavy atom. The SMILES string of the molecule is CC(=NNC(=O)c1c(C)nnn1-c1nonc1N)c1ccc(Cl)s1. The van der Waals surface area contributed by atoms with E-state index in [1.807, 2.05) is 6.07 Å². The van der Waals surface area contributed by atoms with Gasteiger partial charge in [-0.05, 0) is 36.3 Å². The van der Waals surface area contributed by atoms with Crippen molar-refractivity contribution >= 4 is 40.4 Å². The van der Waals surface area contributed by atoms with Crippen molar-refractivity contribution in [2.75, 3.05) is 5.73 Å². The minimum atomic E-state index is -0.526. The highest BCUT2D eigenvalue weighted by molar-refractivity contribution is 7.18. The Balaban J connectivity index is 1.86. The number of nitrogens with one attached hydrogen (secondary N) is 1. The second-order valence-electron chi connectivity index (χ2n) is 4.65. The molecule has 0 aliphatic rings. The number of nitrogen functional groups attached to an aromatic ring is 1. The summed E-state index contributed by atoms with van der Waals surface area (Å²) in [4.78, 5) is 13.3. The summed E-state index contributed by atoms with van der Waals surface area (Å²) in [5.74, 6) is -0.463. The van der Waals surface area contributed by atoms with E-state index in [4.69, 9.17) is 17.3 Å². The molecule has 0 spiro atoms. The zero-order valence-corrected chi connectivity index (χ0v) is 14.1. The summed E-state index contributed by atoms with van der Waals surface area (Å²) in [5.41, 5.74) is 9.18.